The fourth-order valence-electron chi connectivity index (χ4n) is 1.58. The van der Waals surface area contributed by atoms with Crippen molar-refractivity contribution in [3.8, 4) is 0 Å². The standard InChI is InChI=1S/C16H16S3/c1-13-7-9-15(10-8-13)12-19-16(17)18-11-14-5-3-2-4-6-14/h2-10H,11-12H2,1H3. The summed E-state index contributed by atoms with van der Waals surface area (Å²) in [5.74, 6) is 1.92. The summed E-state index contributed by atoms with van der Waals surface area (Å²) in [5.41, 5.74) is 3.96. The molecule has 0 aliphatic carbocycles. The molecule has 0 heterocycles. The highest BCUT2D eigenvalue weighted by molar-refractivity contribution is 8.46. The van der Waals surface area contributed by atoms with Crippen LogP contribution in [0.5, 0.6) is 0 Å². The van der Waals surface area contributed by atoms with E-state index in [1.807, 2.05) is 6.07 Å². The molecule has 19 heavy (non-hydrogen) atoms. The smallest absolute Gasteiger partial charge is 0.103 e. The van der Waals surface area contributed by atoms with Gasteiger partial charge in [-0.2, -0.15) is 0 Å². The highest BCUT2D eigenvalue weighted by Gasteiger charge is 2.01. The van der Waals surface area contributed by atoms with Gasteiger partial charge in [-0.1, -0.05) is 72.4 Å². The van der Waals surface area contributed by atoms with Crippen LogP contribution in [0.15, 0.2) is 54.6 Å². The number of thioether (sulfide) groups is 2. The zero-order valence-corrected chi connectivity index (χ0v) is 13.3. The molecule has 0 aliphatic rings. The number of hydrogen-bond donors (Lipinski definition) is 0. The molecule has 3 heteroatoms. The second-order valence-corrected chi connectivity index (χ2v) is 7.45. The van der Waals surface area contributed by atoms with Gasteiger partial charge in [0.05, 0.1) is 0 Å². The third kappa shape index (κ3) is 5.39. The highest BCUT2D eigenvalue weighted by atomic mass is 32.2. The van der Waals surface area contributed by atoms with Crippen LogP contribution in [0.1, 0.15) is 16.7 Å². The van der Waals surface area contributed by atoms with Crippen LogP contribution in [-0.4, -0.2) is 3.53 Å². The van der Waals surface area contributed by atoms with Gasteiger partial charge < -0.3 is 0 Å². The van der Waals surface area contributed by atoms with Gasteiger partial charge in [-0.05, 0) is 18.1 Å². The Morgan fingerprint density at radius 1 is 0.842 bits per heavy atom. The van der Waals surface area contributed by atoms with Crippen molar-refractivity contribution in [3.63, 3.8) is 0 Å². The number of aryl methyl sites for hydroxylation is 1. The summed E-state index contributed by atoms with van der Waals surface area (Å²) in [7, 11) is 0. The van der Waals surface area contributed by atoms with E-state index in [4.69, 9.17) is 12.2 Å². The molecule has 0 saturated carbocycles. The van der Waals surface area contributed by atoms with Crippen LogP contribution in [0.3, 0.4) is 0 Å². The van der Waals surface area contributed by atoms with Crippen molar-refractivity contribution in [2.75, 3.05) is 0 Å². The molecular weight excluding hydrogens is 288 g/mol. The van der Waals surface area contributed by atoms with Gasteiger partial charge >= 0.3 is 0 Å². The monoisotopic (exact) mass is 304 g/mol. The number of hydrogen-bond acceptors (Lipinski definition) is 3. The lowest BCUT2D eigenvalue weighted by Crippen LogP contribution is -1.87. The first-order valence-corrected chi connectivity index (χ1v) is 8.51. The summed E-state index contributed by atoms with van der Waals surface area (Å²) in [6.07, 6.45) is 0. The normalized spacial score (nSPS) is 10.4. The minimum atomic E-state index is 0.959. The lowest BCUT2D eigenvalue weighted by molar-refractivity contribution is 1.37. The Labute approximate surface area is 129 Å². The van der Waals surface area contributed by atoms with E-state index >= 15 is 0 Å². The van der Waals surface area contributed by atoms with E-state index in [9.17, 15) is 0 Å². The fraction of sp³-hybridized carbons (Fsp3) is 0.188. The number of rotatable bonds is 4. The van der Waals surface area contributed by atoms with Crippen molar-refractivity contribution in [2.45, 2.75) is 18.4 Å². The molecule has 0 amide bonds. The Morgan fingerprint density at radius 3 is 1.95 bits per heavy atom. The van der Waals surface area contributed by atoms with Crippen molar-refractivity contribution in [1.82, 2.24) is 0 Å². The molecule has 0 aliphatic heterocycles. The predicted molar refractivity (Wildman–Crippen MR) is 92.8 cm³/mol. The van der Waals surface area contributed by atoms with Crippen LogP contribution in [0, 0.1) is 6.92 Å². The molecular formula is C16H16S3. The summed E-state index contributed by atoms with van der Waals surface area (Å²) >= 11 is 8.90. The Balaban J connectivity index is 1.74. The highest BCUT2D eigenvalue weighted by Crippen LogP contribution is 2.24. The van der Waals surface area contributed by atoms with Crippen molar-refractivity contribution in [3.05, 3.63) is 71.3 Å². The SMILES string of the molecule is Cc1ccc(CSC(=S)SCc2ccccc2)cc1. The average Bonchev–Trinajstić information content (AvgIpc) is 2.45. The lowest BCUT2D eigenvalue weighted by Gasteiger charge is -2.04. The summed E-state index contributed by atoms with van der Waals surface area (Å²) in [5, 5.41) is 0. The molecule has 0 nitrogen and oxygen atoms in total. The van der Waals surface area contributed by atoms with Crippen LogP contribution in [0.4, 0.5) is 0 Å². The zero-order valence-electron chi connectivity index (χ0n) is 10.8. The summed E-state index contributed by atoms with van der Waals surface area (Å²) in [4.78, 5) is 0. The molecule has 0 atom stereocenters. The summed E-state index contributed by atoms with van der Waals surface area (Å²) in [6, 6.07) is 19.1. The maximum atomic E-state index is 5.40. The fourth-order valence-corrected chi connectivity index (χ4v) is 3.58. The van der Waals surface area contributed by atoms with E-state index < -0.39 is 0 Å². The van der Waals surface area contributed by atoms with Crippen LogP contribution in [0.2, 0.25) is 0 Å². The van der Waals surface area contributed by atoms with Crippen LogP contribution in [-0.2, 0) is 11.5 Å². The topological polar surface area (TPSA) is 0 Å². The van der Waals surface area contributed by atoms with E-state index in [2.05, 4.69) is 55.5 Å². The van der Waals surface area contributed by atoms with Gasteiger partial charge in [0.2, 0.25) is 0 Å². The molecule has 0 bridgehead atoms. The maximum absolute atomic E-state index is 5.40. The van der Waals surface area contributed by atoms with Crippen molar-refractivity contribution < 1.29 is 0 Å². The molecule has 0 spiro atoms. The Bertz CT molecular complexity index is 517. The largest absolute Gasteiger partial charge is 0.104 e. The Hall–Kier alpha value is -0.770. The Kier molecular flexibility index (Phi) is 5.95. The second-order valence-electron chi connectivity index (χ2n) is 4.30. The molecule has 2 rings (SSSR count). The molecule has 2 aromatic carbocycles. The molecule has 0 saturated heterocycles. The van der Waals surface area contributed by atoms with E-state index in [0.29, 0.717) is 0 Å². The number of benzene rings is 2. The molecule has 98 valence electrons. The van der Waals surface area contributed by atoms with Gasteiger partial charge in [-0.3, -0.25) is 0 Å². The van der Waals surface area contributed by atoms with Crippen LogP contribution >= 0.6 is 35.7 Å². The van der Waals surface area contributed by atoms with E-state index in [1.165, 1.54) is 16.7 Å². The molecule has 0 radical (unpaired) electrons. The Morgan fingerprint density at radius 2 is 1.37 bits per heavy atom. The van der Waals surface area contributed by atoms with E-state index in [0.717, 1.165) is 15.0 Å². The quantitative estimate of drug-likeness (QED) is 0.690. The van der Waals surface area contributed by atoms with Gasteiger partial charge in [0.15, 0.2) is 0 Å². The first kappa shape index (κ1) is 14.6. The van der Waals surface area contributed by atoms with Crippen LogP contribution < -0.4 is 0 Å². The van der Waals surface area contributed by atoms with Gasteiger partial charge in [0.1, 0.15) is 3.53 Å². The summed E-state index contributed by atoms with van der Waals surface area (Å²) in [6.45, 7) is 2.11. The molecule has 0 fully saturated rings. The second kappa shape index (κ2) is 7.73. The van der Waals surface area contributed by atoms with Gasteiger partial charge in [0.25, 0.3) is 0 Å². The summed E-state index contributed by atoms with van der Waals surface area (Å²) < 4.78 is 1.02. The van der Waals surface area contributed by atoms with Gasteiger partial charge in [0, 0.05) is 11.5 Å². The molecule has 0 aromatic heterocycles. The lowest BCUT2D eigenvalue weighted by atomic mass is 10.2. The van der Waals surface area contributed by atoms with Crippen molar-refractivity contribution >= 4 is 39.3 Å². The van der Waals surface area contributed by atoms with E-state index in [1.54, 1.807) is 23.5 Å². The first-order valence-electron chi connectivity index (χ1n) is 6.13. The van der Waals surface area contributed by atoms with Crippen molar-refractivity contribution in [2.24, 2.45) is 0 Å². The van der Waals surface area contributed by atoms with Crippen molar-refractivity contribution in [1.29, 1.82) is 0 Å². The predicted octanol–water partition coefficient (Wildman–Crippen LogP) is 5.45. The third-order valence-corrected chi connectivity index (χ3v) is 5.52. The molecule has 0 N–H and O–H groups in total. The average molecular weight is 305 g/mol. The number of thiocarbonyl (C=S) groups is 1. The maximum Gasteiger partial charge on any atom is 0.104 e. The first-order chi connectivity index (χ1) is 9.24. The van der Waals surface area contributed by atoms with E-state index in [-0.39, 0.29) is 0 Å². The van der Waals surface area contributed by atoms with Gasteiger partial charge in [-0.15, -0.1) is 23.5 Å². The molecule has 2 aromatic rings. The zero-order chi connectivity index (χ0) is 13.5. The van der Waals surface area contributed by atoms with Gasteiger partial charge in [-0.25, -0.2) is 0 Å². The van der Waals surface area contributed by atoms with Crippen LogP contribution in [0.25, 0.3) is 0 Å². The minimum Gasteiger partial charge on any atom is -0.103 e. The molecule has 0 unspecified atom stereocenters. The third-order valence-electron chi connectivity index (χ3n) is 2.68. The minimum absolute atomic E-state index is 0.959.